The van der Waals surface area contributed by atoms with Crippen LogP contribution in [0.2, 0.25) is 0 Å². The van der Waals surface area contributed by atoms with Gasteiger partial charge in [0.1, 0.15) is 11.6 Å². The van der Waals surface area contributed by atoms with E-state index in [9.17, 15) is 4.39 Å². The van der Waals surface area contributed by atoms with Gasteiger partial charge < -0.3 is 16.2 Å². The summed E-state index contributed by atoms with van der Waals surface area (Å²) in [7, 11) is 0. The first-order valence-electron chi connectivity index (χ1n) is 5.02. The van der Waals surface area contributed by atoms with Crippen LogP contribution in [0.4, 0.5) is 15.9 Å². The third-order valence-corrected chi connectivity index (χ3v) is 2.28. The van der Waals surface area contributed by atoms with Crippen molar-refractivity contribution in [3.63, 3.8) is 0 Å². The molecule has 0 aliphatic rings. The number of aromatic nitrogens is 1. The number of rotatable bonds is 2. The molecule has 0 spiro atoms. The van der Waals surface area contributed by atoms with Crippen LogP contribution >= 0.6 is 0 Å². The Morgan fingerprint density at radius 2 is 1.94 bits per heavy atom. The molecule has 0 bridgehead atoms. The lowest BCUT2D eigenvalue weighted by Gasteiger charge is -2.07. The van der Waals surface area contributed by atoms with Crippen molar-refractivity contribution in [3.05, 3.63) is 41.7 Å². The SMILES string of the molecule is Cc1cc(Oc2ccc(N)c(N)n2)ccc1F. The highest BCUT2D eigenvalue weighted by atomic mass is 19.1. The smallest absolute Gasteiger partial charge is 0.221 e. The third-order valence-electron chi connectivity index (χ3n) is 2.28. The number of hydrogen-bond acceptors (Lipinski definition) is 4. The number of hydrogen-bond donors (Lipinski definition) is 2. The molecule has 4 N–H and O–H groups in total. The fourth-order valence-corrected chi connectivity index (χ4v) is 1.33. The Labute approximate surface area is 98.0 Å². The van der Waals surface area contributed by atoms with Gasteiger partial charge in [0.25, 0.3) is 0 Å². The number of pyridine rings is 1. The monoisotopic (exact) mass is 233 g/mol. The Kier molecular flexibility index (Phi) is 2.82. The van der Waals surface area contributed by atoms with E-state index in [4.69, 9.17) is 16.2 Å². The molecular weight excluding hydrogens is 221 g/mol. The van der Waals surface area contributed by atoms with Crippen LogP contribution in [-0.2, 0) is 0 Å². The lowest BCUT2D eigenvalue weighted by Crippen LogP contribution is -1.99. The number of halogens is 1. The zero-order valence-electron chi connectivity index (χ0n) is 9.27. The van der Waals surface area contributed by atoms with Gasteiger partial charge in [0.15, 0.2) is 5.82 Å². The largest absolute Gasteiger partial charge is 0.439 e. The number of nitrogens with two attached hydrogens (primary N) is 2. The van der Waals surface area contributed by atoms with Crippen LogP contribution in [0.3, 0.4) is 0 Å². The molecule has 2 aromatic rings. The Morgan fingerprint density at radius 3 is 2.59 bits per heavy atom. The minimum atomic E-state index is -0.276. The van der Waals surface area contributed by atoms with Gasteiger partial charge in [-0.05, 0) is 36.8 Å². The van der Waals surface area contributed by atoms with Crippen LogP contribution in [-0.4, -0.2) is 4.98 Å². The molecule has 1 heterocycles. The first-order chi connectivity index (χ1) is 8.06. The highest BCUT2D eigenvalue weighted by molar-refractivity contribution is 5.58. The van der Waals surface area contributed by atoms with Crippen LogP contribution in [0.1, 0.15) is 5.56 Å². The predicted molar refractivity (Wildman–Crippen MR) is 64.3 cm³/mol. The molecule has 0 radical (unpaired) electrons. The maximum absolute atomic E-state index is 13.0. The van der Waals surface area contributed by atoms with Crippen molar-refractivity contribution in [2.24, 2.45) is 0 Å². The minimum absolute atomic E-state index is 0.210. The fourth-order valence-electron chi connectivity index (χ4n) is 1.33. The maximum Gasteiger partial charge on any atom is 0.221 e. The third kappa shape index (κ3) is 2.44. The van der Waals surface area contributed by atoms with Crippen molar-refractivity contribution in [1.82, 2.24) is 4.98 Å². The van der Waals surface area contributed by atoms with E-state index in [-0.39, 0.29) is 11.6 Å². The Morgan fingerprint density at radius 1 is 1.18 bits per heavy atom. The second-order valence-electron chi connectivity index (χ2n) is 3.64. The highest BCUT2D eigenvalue weighted by Crippen LogP contribution is 2.24. The van der Waals surface area contributed by atoms with Gasteiger partial charge >= 0.3 is 0 Å². The van der Waals surface area contributed by atoms with Gasteiger partial charge in [-0.15, -0.1) is 0 Å². The van der Waals surface area contributed by atoms with Crippen molar-refractivity contribution in [2.75, 3.05) is 11.5 Å². The number of ether oxygens (including phenoxy) is 1. The first-order valence-corrected chi connectivity index (χ1v) is 5.02. The summed E-state index contributed by atoms with van der Waals surface area (Å²) < 4.78 is 18.5. The van der Waals surface area contributed by atoms with Gasteiger partial charge in [0, 0.05) is 6.07 Å². The summed E-state index contributed by atoms with van der Waals surface area (Å²) in [6.45, 7) is 1.66. The first kappa shape index (κ1) is 11.2. The summed E-state index contributed by atoms with van der Waals surface area (Å²) in [4.78, 5) is 3.96. The topological polar surface area (TPSA) is 74.2 Å². The van der Waals surface area contributed by atoms with Crippen molar-refractivity contribution >= 4 is 11.5 Å². The predicted octanol–water partition coefficient (Wildman–Crippen LogP) is 2.49. The van der Waals surface area contributed by atoms with Crippen LogP contribution < -0.4 is 16.2 Å². The zero-order valence-corrected chi connectivity index (χ0v) is 9.27. The molecule has 0 aliphatic carbocycles. The molecule has 17 heavy (non-hydrogen) atoms. The number of anilines is 2. The molecule has 1 aromatic carbocycles. The molecule has 4 nitrogen and oxygen atoms in total. The Bertz CT molecular complexity index is 508. The number of nitrogen functional groups attached to an aromatic ring is 2. The fraction of sp³-hybridized carbons (Fsp3) is 0.0833. The number of aryl methyl sites for hydroxylation is 1. The molecule has 0 saturated heterocycles. The minimum Gasteiger partial charge on any atom is -0.439 e. The van der Waals surface area contributed by atoms with Gasteiger partial charge in [-0.25, -0.2) is 4.39 Å². The van der Waals surface area contributed by atoms with Gasteiger partial charge in [0.2, 0.25) is 5.88 Å². The summed E-state index contributed by atoms with van der Waals surface area (Å²) >= 11 is 0. The van der Waals surface area contributed by atoms with E-state index in [0.29, 0.717) is 22.9 Å². The van der Waals surface area contributed by atoms with Gasteiger partial charge in [0.05, 0.1) is 5.69 Å². The highest BCUT2D eigenvalue weighted by Gasteiger charge is 2.04. The molecule has 5 heteroatoms. The van der Waals surface area contributed by atoms with Crippen molar-refractivity contribution in [2.45, 2.75) is 6.92 Å². The second kappa shape index (κ2) is 4.29. The van der Waals surface area contributed by atoms with Crippen molar-refractivity contribution in [3.8, 4) is 11.6 Å². The zero-order chi connectivity index (χ0) is 12.4. The average Bonchev–Trinajstić information content (AvgIpc) is 2.29. The van der Waals surface area contributed by atoms with E-state index in [2.05, 4.69) is 4.98 Å². The van der Waals surface area contributed by atoms with Gasteiger partial charge in [-0.1, -0.05) is 0 Å². The van der Waals surface area contributed by atoms with Gasteiger partial charge in [-0.3, -0.25) is 0 Å². The lowest BCUT2D eigenvalue weighted by molar-refractivity contribution is 0.461. The molecular formula is C12H12FN3O. The van der Waals surface area contributed by atoms with Crippen molar-refractivity contribution < 1.29 is 9.13 Å². The van der Waals surface area contributed by atoms with E-state index in [1.807, 2.05) is 0 Å². The van der Waals surface area contributed by atoms with Gasteiger partial charge in [-0.2, -0.15) is 4.98 Å². The van der Waals surface area contributed by atoms with Crippen LogP contribution in [0, 0.1) is 12.7 Å². The second-order valence-corrected chi connectivity index (χ2v) is 3.64. The van der Waals surface area contributed by atoms with E-state index in [1.54, 1.807) is 25.1 Å². The molecule has 0 amide bonds. The molecule has 0 atom stereocenters. The van der Waals surface area contributed by atoms with E-state index < -0.39 is 0 Å². The molecule has 0 unspecified atom stereocenters. The standard InChI is InChI=1S/C12H12FN3O/c1-7-6-8(2-3-9(7)13)17-11-5-4-10(14)12(15)16-11/h2-6H,14H2,1H3,(H2,15,16). The summed E-state index contributed by atoms with van der Waals surface area (Å²) in [6, 6.07) is 7.66. The molecule has 2 rings (SSSR count). The molecule has 1 aromatic heterocycles. The molecule has 88 valence electrons. The van der Waals surface area contributed by atoms with Crippen LogP contribution in [0.15, 0.2) is 30.3 Å². The lowest BCUT2D eigenvalue weighted by atomic mass is 10.2. The average molecular weight is 233 g/mol. The Hall–Kier alpha value is -2.30. The van der Waals surface area contributed by atoms with E-state index >= 15 is 0 Å². The molecule has 0 fully saturated rings. The number of benzene rings is 1. The summed E-state index contributed by atoms with van der Waals surface area (Å²) in [6.07, 6.45) is 0. The van der Waals surface area contributed by atoms with Crippen molar-refractivity contribution in [1.29, 1.82) is 0 Å². The summed E-state index contributed by atoms with van der Waals surface area (Å²) in [5, 5.41) is 0. The van der Waals surface area contributed by atoms with E-state index in [0.717, 1.165) is 0 Å². The summed E-state index contributed by atoms with van der Waals surface area (Å²) in [5.41, 5.74) is 12.0. The quantitative estimate of drug-likeness (QED) is 0.835. The van der Waals surface area contributed by atoms with Crippen LogP contribution in [0.5, 0.6) is 11.6 Å². The normalized spacial score (nSPS) is 10.2. The molecule has 0 aliphatic heterocycles. The van der Waals surface area contributed by atoms with Crippen LogP contribution in [0.25, 0.3) is 0 Å². The summed E-state index contributed by atoms with van der Waals surface area (Å²) in [5.74, 6) is 0.756. The number of nitrogens with zero attached hydrogens (tertiary/aromatic N) is 1. The van der Waals surface area contributed by atoms with E-state index in [1.165, 1.54) is 12.1 Å². The Balaban J connectivity index is 2.25. The molecule has 0 saturated carbocycles. The maximum atomic E-state index is 13.0.